The van der Waals surface area contributed by atoms with Crippen molar-refractivity contribution in [3.8, 4) is 0 Å². The number of methoxy groups -OCH3 is 1. The minimum Gasteiger partial charge on any atom is -0.466 e. The summed E-state index contributed by atoms with van der Waals surface area (Å²) in [5.41, 5.74) is 1.45. The molecule has 0 amide bonds. The molecule has 2 rings (SSSR count). The SMILES string of the molecule is COC(=O)/C=C/c1nc2cc(Cl)ccc2cc1C=O. The zero-order valence-corrected chi connectivity index (χ0v) is 10.8. The van der Waals surface area contributed by atoms with E-state index in [1.54, 1.807) is 24.3 Å². The van der Waals surface area contributed by atoms with Gasteiger partial charge in [0, 0.05) is 22.0 Å². The predicted octanol–water partition coefficient (Wildman–Crippen LogP) is 2.89. The van der Waals surface area contributed by atoms with Gasteiger partial charge in [0.1, 0.15) is 0 Å². The Morgan fingerprint density at radius 3 is 2.84 bits per heavy atom. The molecule has 0 saturated carbocycles. The van der Waals surface area contributed by atoms with Crippen LogP contribution in [0.1, 0.15) is 16.1 Å². The Kier molecular flexibility index (Phi) is 3.92. The van der Waals surface area contributed by atoms with Gasteiger partial charge in [-0.3, -0.25) is 4.79 Å². The fraction of sp³-hybridized carbons (Fsp3) is 0.0714. The predicted molar refractivity (Wildman–Crippen MR) is 73.2 cm³/mol. The normalized spacial score (nSPS) is 10.8. The number of carbonyl (C=O) groups excluding carboxylic acids is 2. The maximum atomic E-state index is 11.1. The fourth-order valence-corrected chi connectivity index (χ4v) is 1.78. The summed E-state index contributed by atoms with van der Waals surface area (Å²) in [5, 5.41) is 1.36. The van der Waals surface area contributed by atoms with Crippen LogP contribution in [0.2, 0.25) is 5.02 Å². The maximum Gasteiger partial charge on any atom is 0.330 e. The maximum absolute atomic E-state index is 11.1. The zero-order valence-electron chi connectivity index (χ0n) is 10.1. The van der Waals surface area contributed by atoms with Crippen molar-refractivity contribution in [1.29, 1.82) is 0 Å². The molecule has 0 aliphatic rings. The van der Waals surface area contributed by atoms with Gasteiger partial charge < -0.3 is 4.74 Å². The van der Waals surface area contributed by atoms with Crippen LogP contribution in [0.15, 0.2) is 30.3 Å². The molecular weight excluding hydrogens is 266 g/mol. The first-order valence-corrected chi connectivity index (χ1v) is 5.83. The summed E-state index contributed by atoms with van der Waals surface area (Å²) >= 11 is 5.89. The van der Waals surface area contributed by atoms with E-state index in [9.17, 15) is 9.59 Å². The van der Waals surface area contributed by atoms with Crippen LogP contribution in [0.4, 0.5) is 0 Å². The molecule has 1 heterocycles. The number of aldehydes is 1. The summed E-state index contributed by atoms with van der Waals surface area (Å²) in [6.07, 6.45) is 3.35. The molecule has 0 aliphatic carbocycles. The lowest BCUT2D eigenvalue weighted by molar-refractivity contribution is -0.134. The molecule has 0 aliphatic heterocycles. The molecule has 1 aromatic carbocycles. The third kappa shape index (κ3) is 2.98. The van der Waals surface area contributed by atoms with Crippen molar-refractivity contribution in [3.63, 3.8) is 0 Å². The number of ether oxygens (including phenoxy) is 1. The Morgan fingerprint density at radius 2 is 2.16 bits per heavy atom. The van der Waals surface area contributed by atoms with Crippen molar-refractivity contribution in [3.05, 3.63) is 46.6 Å². The van der Waals surface area contributed by atoms with Gasteiger partial charge >= 0.3 is 5.97 Å². The second-order valence-electron chi connectivity index (χ2n) is 3.77. The van der Waals surface area contributed by atoms with Gasteiger partial charge in [-0.05, 0) is 24.3 Å². The highest BCUT2D eigenvalue weighted by Gasteiger charge is 2.05. The monoisotopic (exact) mass is 275 g/mol. The van der Waals surface area contributed by atoms with Crippen molar-refractivity contribution in [2.45, 2.75) is 0 Å². The number of hydrogen-bond donors (Lipinski definition) is 0. The fourth-order valence-electron chi connectivity index (χ4n) is 1.61. The van der Waals surface area contributed by atoms with Gasteiger partial charge in [0.15, 0.2) is 6.29 Å². The Hall–Kier alpha value is -2.20. The standard InChI is InChI=1S/C14H10ClNO3/c1-19-14(18)5-4-12-10(8-17)6-9-2-3-11(15)7-13(9)16-12/h2-8H,1H3/b5-4+. The highest BCUT2D eigenvalue weighted by atomic mass is 35.5. The summed E-state index contributed by atoms with van der Waals surface area (Å²) in [7, 11) is 1.28. The second kappa shape index (κ2) is 5.63. The van der Waals surface area contributed by atoms with Gasteiger partial charge in [0.05, 0.1) is 18.3 Å². The first-order chi connectivity index (χ1) is 9.13. The van der Waals surface area contributed by atoms with Crippen molar-refractivity contribution in [2.24, 2.45) is 0 Å². The molecule has 0 N–H and O–H groups in total. The van der Waals surface area contributed by atoms with E-state index in [2.05, 4.69) is 9.72 Å². The molecular formula is C14H10ClNO3. The van der Waals surface area contributed by atoms with E-state index < -0.39 is 5.97 Å². The lowest BCUT2D eigenvalue weighted by Crippen LogP contribution is -1.96. The van der Waals surface area contributed by atoms with E-state index in [1.165, 1.54) is 19.3 Å². The van der Waals surface area contributed by atoms with Crippen LogP contribution in [0.5, 0.6) is 0 Å². The number of nitrogens with zero attached hydrogens (tertiary/aromatic N) is 1. The Morgan fingerprint density at radius 1 is 1.37 bits per heavy atom. The number of rotatable bonds is 3. The van der Waals surface area contributed by atoms with Crippen LogP contribution >= 0.6 is 11.6 Å². The molecule has 0 saturated heterocycles. The van der Waals surface area contributed by atoms with Crippen LogP contribution in [0.3, 0.4) is 0 Å². The van der Waals surface area contributed by atoms with Crippen LogP contribution in [-0.2, 0) is 9.53 Å². The van der Waals surface area contributed by atoms with E-state index in [4.69, 9.17) is 11.6 Å². The number of benzene rings is 1. The van der Waals surface area contributed by atoms with Gasteiger partial charge in [-0.15, -0.1) is 0 Å². The lowest BCUT2D eigenvalue weighted by Gasteiger charge is -2.03. The highest BCUT2D eigenvalue weighted by Crippen LogP contribution is 2.20. The van der Waals surface area contributed by atoms with Crippen LogP contribution < -0.4 is 0 Å². The molecule has 0 atom stereocenters. The van der Waals surface area contributed by atoms with Crippen LogP contribution in [-0.4, -0.2) is 24.3 Å². The molecule has 0 bridgehead atoms. The molecule has 4 nitrogen and oxygen atoms in total. The molecule has 2 aromatic rings. The number of pyridine rings is 1. The number of carbonyl (C=O) groups is 2. The number of esters is 1. The molecule has 96 valence electrons. The number of aromatic nitrogens is 1. The van der Waals surface area contributed by atoms with Gasteiger partial charge in [-0.2, -0.15) is 0 Å². The smallest absolute Gasteiger partial charge is 0.330 e. The first kappa shape index (κ1) is 13.2. The number of halogens is 1. The third-order valence-electron chi connectivity index (χ3n) is 2.55. The minimum atomic E-state index is -0.509. The molecule has 0 radical (unpaired) electrons. The van der Waals surface area contributed by atoms with Crippen molar-refractivity contribution < 1.29 is 14.3 Å². The average Bonchev–Trinajstić information content (AvgIpc) is 2.43. The summed E-state index contributed by atoms with van der Waals surface area (Å²) in [6, 6.07) is 6.90. The highest BCUT2D eigenvalue weighted by molar-refractivity contribution is 6.31. The lowest BCUT2D eigenvalue weighted by atomic mass is 10.1. The van der Waals surface area contributed by atoms with Crippen molar-refractivity contribution in [2.75, 3.05) is 7.11 Å². The Balaban J connectivity index is 2.55. The summed E-state index contributed by atoms with van der Waals surface area (Å²) in [4.78, 5) is 26.4. The van der Waals surface area contributed by atoms with E-state index in [0.717, 1.165) is 5.39 Å². The van der Waals surface area contributed by atoms with Crippen molar-refractivity contribution in [1.82, 2.24) is 4.98 Å². The molecule has 1 aromatic heterocycles. The molecule has 0 spiro atoms. The quantitative estimate of drug-likeness (QED) is 0.491. The van der Waals surface area contributed by atoms with Gasteiger partial charge in [-0.25, -0.2) is 9.78 Å². The topological polar surface area (TPSA) is 56.3 Å². The van der Waals surface area contributed by atoms with Gasteiger partial charge in [-0.1, -0.05) is 17.7 Å². The minimum absolute atomic E-state index is 0.398. The van der Waals surface area contributed by atoms with E-state index in [-0.39, 0.29) is 0 Å². The number of hydrogen-bond acceptors (Lipinski definition) is 4. The summed E-state index contributed by atoms with van der Waals surface area (Å²) < 4.78 is 4.49. The first-order valence-electron chi connectivity index (χ1n) is 5.45. The van der Waals surface area contributed by atoms with Crippen molar-refractivity contribution >= 4 is 40.8 Å². The van der Waals surface area contributed by atoms with Gasteiger partial charge in [0.25, 0.3) is 0 Å². The Bertz CT molecular complexity index is 680. The second-order valence-corrected chi connectivity index (χ2v) is 4.21. The van der Waals surface area contributed by atoms with Gasteiger partial charge in [0.2, 0.25) is 0 Å². The largest absolute Gasteiger partial charge is 0.466 e. The Labute approximate surface area is 114 Å². The average molecular weight is 276 g/mol. The van der Waals surface area contributed by atoms with Crippen LogP contribution in [0, 0.1) is 0 Å². The third-order valence-corrected chi connectivity index (χ3v) is 2.78. The summed E-state index contributed by atoms with van der Waals surface area (Å²) in [5.74, 6) is -0.509. The molecule has 0 unspecified atom stereocenters. The van der Waals surface area contributed by atoms with E-state index in [1.807, 2.05) is 0 Å². The van der Waals surface area contributed by atoms with E-state index in [0.29, 0.717) is 28.1 Å². The van der Waals surface area contributed by atoms with Crippen LogP contribution in [0.25, 0.3) is 17.0 Å². The molecule has 5 heteroatoms. The molecule has 19 heavy (non-hydrogen) atoms. The van der Waals surface area contributed by atoms with E-state index >= 15 is 0 Å². The summed E-state index contributed by atoms with van der Waals surface area (Å²) in [6.45, 7) is 0. The number of fused-ring (bicyclic) bond motifs is 1. The zero-order chi connectivity index (χ0) is 13.8. The molecule has 0 fully saturated rings.